The van der Waals surface area contributed by atoms with Gasteiger partial charge in [-0.1, -0.05) is 0 Å². The summed E-state index contributed by atoms with van der Waals surface area (Å²) >= 11 is 0. The quantitative estimate of drug-likeness (QED) is 0.195. The van der Waals surface area contributed by atoms with Crippen LogP contribution >= 0.6 is 0 Å². The number of hydrogen-bond acceptors (Lipinski definition) is 6. The van der Waals surface area contributed by atoms with Gasteiger partial charge in [0.2, 0.25) is 0 Å². The van der Waals surface area contributed by atoms with Gasteiger partial charge in [0.15, 0.2) is 0 Å². The van der Waals surface area contributed by atoms with Gasteiger partial charge in [-0.25, -0.2) is 0 Å². The molecule has 3 aromatic carbocycles. The van der Waals surface area contributed by atoms with Crippen LogP contribution in [0.15, 0.2) is 122 Å². The second-order valence-corrected chi connectivity index (χ2v) is 8.36. The summed E-state index contributed by atoms with van der Waals surface area (Å²) in [4.78, 5) is 33.4. The molecule has 8 nitrogen and oxygen atoms in total. The summed E-state index contributed by atoms with van der Waals surface area (Å²) in [5.74, 6) is -0.520. The minimum Gasteiger partial charge on any atom is -0.355 e. The summed E-state index contributed by atoms with van der Waals surface area (Å²) in [6.45, 7) is 0. The van der Waals surface area contributed by atoms with Crippen molar-refractivity contribution in [1.29, 1.82) is 0 Å². The van der Waals surface area contributed by atoms with Crippen molar-refractivity contribution in [2.24, 2.45) is 0 Å². The highest BCUT2D eigenvalue weighted by Crippen LogP contribution is 2.20. The van der Waals surface area contributed by atoms with Crippen LogP contribution in [0.3, 0.4) is 0 Å². The Balaban J connectivity index is 1.14. The number of amides is 2. The molecular formula is C30H24N6O2. The van der Waals surface area contributed by atoms with Crippen LogP contribution < -0.4 is 21.3 Å². The Kier molecular flexibility index (Phi) is 7.32. The zero-order valence-electron chi connectivity index (χ0n) is 20.3. The van der Waals surface area contributed by atoms with Gasteiger partial charge in [-0.15, -0.1) is 0 Å². The van der Waals surface area contributed by atoms with E-state index in [9.17, 15) is 9.59 Å². The molecular weight excluding hydrogens is 476 g/mol. The van der Waals surface area contributed by atoms with Crippen LogP contribution in [-0.4, -0.2) is 21.8 Å². The molecule has 2 heterocycles. The zero-order chi connectivity index (χ0) is 26.2. The minimum absolute atomic E-state index is 0.260. The van der Waals surface area contributed by atoms with E-state index in [0.717, 1.165) is 22.7 Å². The third kappa shape index (κ3) is 6.38. The highest BCUT2D eigenvalue weighted by Gasteiger charge is 2.10. The van der Waals surface area contributed by atoms with E-state index in [1.165, 1.54) is 0 Å². The van der Waals surface area contributed by atoms with E-state index in [4.69, 9.17) is 0 Å². The Morgan fingerprint density at radius 1 is 0.395 bits per heavy atom. The lowest BCUT2D eigenvalue weighted by atomic mass is 10.1. The van der Waals surface area contributed by atoms with Gasteiger partial charge in [0.1, 0.15) is 0 Å². The molecule has 0 atom stereocenters. The molecule has 0 bridgehead atoms. The number of hydrogen-bond donors (Lipinski definition) is 4. The summed E-state index contributed by atoms with van der Waals surface area (Å²) < 4.78 is 0. The molecule has 4 N–H and O–H groups in total. The average Bonchev–Trinajstić information content (AvgIpc) is 2.96. The summed E-state index contributed by atoms with van der Waals surface area (Å²) in [5.41, 5.74) is 5.87. The SMILES string of the molecule is O=C(Nc1ccc(Nc2ccncc2)cc1)c1ccc(C(=O)Nc2ccc(Nc3ccncc3)cc2)cc1. The molecule has 5 rings (SSSR count). The third-order valence-corrected chi connectivity index (χ3v) is 5.63. The van der Waals surface area contributed by atoms with Crippen molar-refractivity contribution >= 4 is 45.9 Å². The van der Waals surface area contributed by atoms with E-state index in [0.29, 0.717) is 22.5 Å². The Bertz CT molecular complexity index is 1390. The normalized spacial score (nSPS) is 10.3. The molecule has 186 valence electrons. The first-order valence-electron chi connectivity index (χ1n) is 11.9. The predicted molar refractivity (Wildman–Crippen MR) is 150 cm³/mol. The standard InChI is InChI=1S/C30H24N6O2/c37-29(35-25-9-5-23(6-10-25)33-27-13-17-31-18-14-27)21-1-2-22(4-3-21)30(38)36-26-11-7-24(8-12-26)34-28-15-19-32-20-16-28/h1-20H,(H,31,33)(H,32,34)(H,35,37)(H,36,38). The Morgan fingerprint density at radius 3 is 1.03 bits per heavy atom. The second-order valence-electron chi connectivity index (χ2n) is 8.36. The van der Waals surface area contributed by atoms with Crippen molar-refractivity contribution in [2.45, 2.75) is 0 Å². The van der Waals surface area contributed by atoms with Gasteiger partial charge in [0.05, 0.1) is 0 Å². The molecule has 2 amide bonds. The maximum Gasteiger partial charge on any atom is 0.255 e. The summed E-state index contributed by atoms with van der Waals surface area (Å²) in [7, 11) is 0. The molecule has 2 aromatic heterocycles. The molecule has 8 heteroatoms. The van der Waals surface area contributed by atoms with E-state index < -0.39 is 0 Å². The number of rotatable bonds is 8. The smallest absolute Gasteiger partial charge is 0.255 e. The molecule has 0 aliphatic rings. The number of carbonyl (C=O) groups is 2. The van der Waals surface area contributed by atoms with Crippen LogP contribution in [0.2, 0.25) is 0 Å². The Labute approximate surface area is 219 Å². The van der Waals surface area contributed by atoms with Crippen LogP contribution in [0.1, 0.15) is 20.7 Å². The fraction of sp³-hybridized carbons (Fsp3) is 0. The van der Waals surface area contributed by atoms with Crippen molar-refractivity contribution in [1.82, 2.24) is 9.97 Å². The van der Waals surface area contributed by atoms with Crippen molar-refractivity contribution < 1.29 is 9.59 Å². The monoisotopic (exact) mass is 500 g/mol. The number of pyridine rings is 2. The lowest BCUT2D eigenvalue weighted by Crippen LogP contribution is -2.14. The number of nitrogens with zero attached hydrogens (tertiary/aromatic N) is 2. The number of anilines is 6. The van der Waals surface area contributed by atoms with Crippen LogP contribution in [0, 0.1) is 0 Å². The first-order chi connectivity index (χ1) is 18.6. The number of aromatic nitrogens is 2. The molecule has 0 saturated carbocycles. The van der Waals surface area contributed by atoms with E-state index in [1.54, 1.807) is 49.1 Å². The maximum atomic E-state index is 12.7. The van der Waals surface area contributed by atoms with Crippen LogP contribution in [0.25, 0.3) is 0 Å². The number of benzene rings is 3. The zero-order valence-corrected chi connectivity index (χ0v) is 20.3. The Morgan fingerprint density at radius 2 is 0.684 bits per heavy atom. The Hall–Kier alpha value is -5.50. The fourth-order valence-corrected chi connectivity index (χ4v) is 3.66. The summed E-state index contributed by atoms with van der Waals surface area (Å²) in [6, 6.07) is 28.8. The van der Waals surface area contributed by atoms with Crippen molar-refractivity contribution in [3.8, 4) is 0 Å². The van der Waals surface area contributed by atoms with E-state index in [1.807, 2.05) is 72.8 Å². The molecule has 0 fully saturated rings. The van der Waals surface area contributed by atoms with E-state index in [-0.39, 0.29) is 11.8 Å². The molecule has 0 aliphatic heterocycles. The minimum atomic E-state index is -0.260. The first kappa shape index (κ1) is 24.2. The van der Waals surface area contributed by atoms with Crippen molar-refractivity contribution in [3.63, 3.8) is 0 Å². The van der Waals surface area contributed by atoms with Gasteiger partial charge in [0, 0.05) is 70.0 Å². The molecule has 0 spiro atoms. The van der Waals surface area contributed by atoms with Crippen LogP contribution in [-0.2, 0) is 0 Å². The molecule has 0 unspecified atom stereocenters. The highest BCUT2D eigenvalue weighted by atomic mass is 16.2. The maximum absolute atomic E-state index is 12.7. The second kappa shape index (κ2) is 11.5. The van der Waals surface area contributed by atoms with Gasteiger partial charge in [-0.2, -0.15) is 0 Å². The molecule has 0 aliphatic carbocycles. The van der Waals surface area contributed by atoms with Crippen molar-refractivity contribution in [3.05, 3.63) is 133 Å². The molecule has 5 aromatic rings. The lowest BCUT2D eigenvalue weighted by molar-refractivity contribution is 0.101. The number of carbonyl (C=O) groups excluding carboxylic acids is 2. The van der Waals surface area contributed by atoms with Crippen LogP contribution in [0.4, 0.5) is 34.1 Å². The summed E-state index contributed by atoms with van der Waals surface area (Å²) in [5, 5.41) is 12.3. The van der Waals surface area contributed by atoms with Gasteiger partial charge in [-0.3, -0.25) is 19.6 Å². The number of nitrogens with one attached hydrogen (secondary N) is 4. The van der Waals surface area contributed by atoms with Gasteiger partial charge >= 0.3 is 0 Å². The molecule has 38 heavy (non-hydrogen) atoms. The predicted octanol–water partition coefficient (Wildman–Crippen LogP) is 6.47. The first-order valence-corrected chi connectivity index (χ1v) is 11.9. The van der Waals surface area contributed by atoms with Crippen molar-refractivity contribution in [2.75, 3.05) is 21.3 Å². The molecule has 0 radical (unpaired) electrons. The lowest BCUT2D eigenvalue weighted by Gasteiger charge is -2.10. The van der Waals surface area contributed by atoms with Gasteiger partial charge < -0.3 is 21.3 Å². The van der Waals surface area contributed by atoms with Gasteiger partial charge in [0.25, 0.3) is 11.8 Å². The van der Waals surface area contributed by atoms with Crippen LogP contribution in [0.5, 0.6) is 0 Å². The molecule has 0 saturated heterocycles. The van der Waals surface area contributed by atoms with E-state index in [2.05, 4.69) is 31.2 Å². The fourth-order valence-electron chi connectivity index (χ4n) is 3.66. The summed E-state index contributed by atoms with van der Waals surface area (Å²) in [6.07, 6.45) is 6.86. The van der Waals surface area contributed by atoms with E-state index >= 15 is 0 Å². The largest absolute Gasteiger partial charge is 0.355 e. The third-order valence-electron chi connectivity index (χ3n) is 5.63. The topological polar surface area (TPSA) is 108 Å². The average molecular weight is 501 g/mol. The van der Waals surface area contributed by atoms with Gasteiger partial charge in [-0.05, 0) is 97.1 Å². The highest BCUT2D eigenvalue weighted by molar-refractivity contribution is 6.07.